The topological polar surface area (TPSA) is 88.1 Å². The number of rotatable bonds is 5. The van der Waals surface area contributed by atoms with Gasteiger partial charge in [0, 0.05) is 25.4 Å². The number of nitriles is 1. The van der Waals surface area contributed by atoms with Gasteiger partial charge < -0.3 is 14.4 Å². The molecule has 8 atom stereocenters. The maximum absolute atomic E-state index is 13.5. The van der Waals surface area contributed by atoms with Gasteiger partial charge in [-0.05, 0) is 99.2 Å². The Bertz CT molecular complexity index is 949. The van der Waals surface area contributed by atoms with Crippen LogP contribution in [0.2, 0.25) is 0 Å². The standard InChI is InChI=1S/C27H39N3O3/c1-25(32)10-11-27(17-33-3)18(14-25)4-5-19-20-6-7-22(26(20,2)9-8-21(19)27)23(31)16-30-13-12-29-24(30)15-28/h12-13,18-22,32H,4-11,14,16-17H2,1-3H3/t18-,19+,20+,21+,22-,25-,26+,27-/m1/s1. The van der Waals surface area contributed by atoms with Gasteiger partial charge in [-0.3, -0.25) is 4.79 Å². The van der Waals surface area contributed by atoms with Crippen molar-refractivity contribution in [1.29, 1.82) is 5.26 Å². The molecule has 33 heavy (non-hydrogen) atoms. The number of Topliss-reactive ketones (excluding diaryl/α,β-unsaturated/α-hetero) is 1. The Balaban J connectivity index is 1.38. The van der Waals surface area contributed by atoms with Gasteiger partial charge in [-0.25, -0.2) is 4.98 Å². The zero-order valence-electron chi connectivity index (χ0n) is 20.4. The van der Waals surface area contributed by atoms with Crippen LogP contribution in [0.3, 0.4) is 0 Å². The van der Waals surface area contributed by atoms with Crippen molar-refractivity contribution in [3.8, 4) is 6.07 Å². The summed E-state index contributed by atoms with van der Waals surface area (Å²) in [6, 6.07) is 2.09. The van der Waals surface area contributed by atoms with Crippen LogP contribution < -0.4 is 0 Å². The minimum atomic E-state index is -0.543. The van der Waals surface area contributed by atoms with Crippen LogP contribution in [0.25, 0.3) is 0 Å². The van der Waals surface area contributed by atoms with E-state index in [0.29, 0.717) is 29.5 Å². The third-order valence-corrected chi connectivity index (χ3v) is 10.6. The molecule has 0 bridgehead atoms. The van der Waals surface area contributed by atoms with Crippen molar-refractivity contribution >= 4 is 5.78 Å². The van der Waals surface area contributed by atoms with Gasteiger partial charge in [-0.1, -0.05) is 6.92 Å². The minimum Gasteiger partial charge on any atom is -0.390 e. The van der Waals surface area contributed by atoms with Gasteiger partial charge in [0.05, 0.1) is 18.8 Å². The number of aromatic nitrogens is 2. The number of carbonyl (C=O) groups is 1. The summed E-state index contributed by atoms with van der Waals surface area (Å²) in [4.78, 5) is 17.5. The van der Waals surface area contributed by atoms with E-state index >= 15 is 0 Å². The number of carbonyl (C=O) groups excluding carboxylic acids is 1. The number of fused-ring (bicyclic) bond motifs is 5. The second-order valence-corrected chi connectivity index (χ2v) is 12.1. The highest BCUT2D eigenvalue weighted by atomic mass is 16.5. The summed E-state index contributed by atoms with van der Waals surface area (Å²) < 4.78 is 7.57. The Morgan fingerprint density at radius 2 is 2.03 bits per heavy atom. The molecule has 5 rings (SSSR count). The second kappa shape index (κ2) is 8.20. The SMILES string of the molecule is COC[C@]12CC[C@@](C)(O)C[C@H]1CC[C@H]1[C@@H]3CC[C@H](C(=O)Cn4ccnc4C#N)[C@@]3(C)CC[C@@H]12. The first-order chi connectivity index (χ1) is 15.7. The summed E-state index contributed by atoms with van der Waals surface area (Å²) in [6.45, 7) is 5.45. The largest absolute Gasteiger partial charge is 0.390 e. The number of imidazole rings is 1. The van der Waals surface area contributed by atoms with Gasteiger partial charge in [-0.2, -0.15) is 5.26 Å². The van der Waals surface area contributed by atoms with Crippen LogP contribution in [-0.2, 0) is 16.1 Å². The van der Waals surface area contributed by atoms with Crippen molar-refractivity contribution in [3.05, 3.63) is 18.2 Å². The van der Waals surface area contributed by atoms with E-state index < -0.39 is 5.60 Å². The lowest BCUT2D eigenvalue weighted by Crippen LogP contribution is -2.58. The Labute approximate surface area is 197 Å². The molecule has 4 aliphatic rings. The number of ether oxygens (including phenoxy) is 1. The van der Waals surface area contributed by atoms with E-state index in [9.17, 15) is 15.2 Å². The lowest BCUT2D eigenvalue weighted by Gasteiger charge is -2.62. The van der Waals surface area contributed by atoms with Crippen molar-refractivity contribution < 1.29 is 14.6 Å². The number of methoxy groups -OCH3 is 1. The van der Waals surface area contributed by atoms with Gasteiger partial charge in [0.1, 0.15) is 6.07 Å². The first-order valence-electron chi connectivity index (χ1n) is 12.9. The zero-order chi connectivity index (χ0) is 23.4. The van der Waals surface area contributed by atoms with Gasteiger partial charge in [0.15, 0.2) is 5.78 Å². The van der Waals surface area contributed by atoms with Crippen LogP contribution in [0.5, 0.6) is 0 Å². The van der Waals surface area contributed by atoms with Crippen molar-refractivity contribution in [2.24, 2.45) is 40.4 Å². The Hall–Kier alpha value is -1.71. The lowest BCUT2D eigenvalue weighted by molar-refractivity contribution is -0.175. The molecule has 6 nitrogen and oxygen atoms in total. The minimum absolute atomic E-state index is 0.0485. The monoisotopic (exact) mass is 453 g/mol. The van der Waals surface area contributed by atoms with Gasteiger partial charge in [0.25, 0.3) is 0 Å². The molecule has 4 aliphatic carbocycles. The average Bonchev–Trinajstić information content (AvgIpc) is 3.37. The smallest absolute Gasteiger partial charge is 0.213 e. The number of ketones is 1. The van der Waals surface area contributed by atoms with E-state index in [1.165, 1.54) is 12.8 Å². The summed E-state index contributed by atoms with van der Waals surface area (Å²) in [5, 5.41) is 20.1. The average molecular weight is 454 g/mol. The van der Waals surface area contributed by atoms with E-state index in [-0.39, 0.29) is 29.1 Å². The molecule has 0 unspecified atom stereocenters. The molecule has 0 aliphatic heterocycles. The van der Waals surface area contributed by atoms with Crippen LogP contribution in [0.1, 0.15) is 77.5 Å². The highest BCUT2D eigenvalue weighted by Crippen LogP contribution is 2.68. The predicted molar refractivity (Wildman–Crippen MR) is 124 cm³/mol. The van der Waals surface area contributed by atoms with E-state index in [0.717, 1.165) is 51.6 Å². The summed E-state index contributed by atoms with van der Waals surface area (Å²) in [6.07, 6.45) is 12.9. The Morgan fingerprint density at radius 3 is 2.79 bits per heavy atom. The maximum atomic E-state index is 13.5. The summed E-state index contributed by atoms with van der Waals surface area (Å²) >= 11 is 0. The fourth-order valence-corrected chi connectivity index (χ4v) is 9.14. The molecule has 180 valence electrons. The summed E-state index contributed by atoms with van der Waals surface area (Å²) in [5.41, 5.74) is -0.312. The quantitative estimate of drug-likeness (QED) is 0.716. The first kappa shape index (κ1) is 23.1. The van der Waals surface area contributed by atoms with E-state index in [2.05, 4.69) is 18.0 Å². The van der Waals surface area contributed by atoms with Crippen molar-refractivity contribution in [2.45, 2.75) is 83.8 Å². The normalized spacial score (nSPS) is 44.4. The van der Waals surface area contributed by atoms with Crippen LogP contribution in [0, 0.1) is 51.8 Å². The van der Waals surface area contributed by atoms with Crippen molar-refractivity contribution in [3.63, 3.8) is 0 Å². The first-order valence-corrected chi connectivity index (χ1v) is 12.9. The number of nitrogens with zero attached hydrogens (tertiary/aromatic N) is 3. The molecule has 0 saturated heterocycles. The molecule has 0 amide bonds. The zero-order valence-corrected chi connectivity index (χ0v) is 20.4. The third-order valence-electron chi connectivity index (χ3n) is 10.6. The highest BCUT2D eigenvalue weighted by molar-refractivity contribution is 5.82. The molecule has 0 aromatic carbocycles. The Kier molecular flexibility index (Phi) is 5.73. The van der Waals surface area contributed by atoms with Gasteiger partial charge in [0.2, 0.25) is 5.82 Å². The fourth-order valence-electron chi connectivity index (χ4n) is 9.14. The highest BCUT2D eigenvalue weighted by Gasteiger charge is 2.63. The third kappa shape index (κ3) is 3.58. The molecule has 4 saturated carbocycles. The molecule has 1 aromatic heterocycles. The number of aliphatic hydroxyl groups is 1. The lowest BCUT2D eigenvalue weighted by atomic mass is 9.43. The number of hydrogen-bond acceptors (Lipinski definition) is 5. The molecular weight excluding hydrogens is 414 g/mol. The molecule has 4 fully saturated rings. The maximum Gasteiger partial charge on any atom is 0.213 e. The van der Waals surface area contributed by atoms with Crippen LogP contribution in [0.4, 0.5) is 0 Å². The van der Waals surface area contributed by atoms with E-state index in [1.54, 1.807) is 17.0 Å². The van der Waals surface area contributed by atoms with Crippen LogP contribution in [0.15, 0.2) is 12.4 Å². The van der Waals surface area contributed by atoms with Crippen LogP contribution in [-0.4, -0.2) is 39.8 Å². The van der Waals surface area contributed by atoms with Crippen molar-refractivity contribution in [1.82, 2.24) is 9.55 Å². The molecule has 1 heterocycles. The number of hydrogen-bond donors (Lipinski definition) is 1. The molecule has 0 spiro atoms. The molecule has 0 radical (unpaired) electrons. The predicted octanol–water partition coefficient (Wildman–Crippen LogP) is 4.36. The molecule has 1 N–H and O–H groups in total. The molecule has 1 aromatic rings. The summed E-state index contributed by atoms with van der Waals surface area (Å²) in [7, 11) is 1.84. The van der Waals surface area contributed by atoms with Gasteiger partial charge >= 0.3 is 0 Å². The second-order valence-electron chi connectivity index (χ2n) is 12.1. The van der Waals surface area contributed by atoms with Gasteiger partial charge in [-0.15, -0.1) is 0 Å². The van der Waals surface area contributed by atoms with E-state index in [4.69, 9.17) is 4.74 Å². The Morgan fingerprint density at radius 1 is 1.21 bits per heavy atom. The van der Waals surface area contributed by atoms with Crippen molar-refractivity contribution in [2.75, 3.05) is 13.7 Å². The molecule has 6 heteroatoms. The molecular formula is C27H39N3O3. The van der Waals surface area contributed by atoms with Crippen LogP contribution >= 0.6 is 0 Å². The fraction of sp³-hybridized carbons (Fsp3) is 0.815. The van der Waals surface area contributed by atoms with E-state index in [1.807, 2.05) is 14.0 Å². The summed E-state index contributed by atoms with van der Waals surface area (Å²) in [5.74, 6) is 3.07.